The number of aryl methyl sites for hydroxylation is 1. The molecule has 2 aromatic rings. The summed E-state index contributed by atoms with van der Waals surface area (Å²) in [5, 5.41) is 15.0. The number of benzene rings is 1. The number of aromatic carboxylic acids is 1. The predicted molar refractivity (Wildman–Crippen MR) is 82.0 cm³/mol. The third-order valence-electron chi connectivity index (χ3n) is 3.61. The summed E-state index contributed by atoms with van der Waals surface area (Å²) in [6.45, 7) is 0. The minimum absolute atomic E-state index is 0.150. The highest BCUT2D eigenvalue weighted by molar-refractivity contribution is 7.10. The van der Waals surface area contributed by atoms with Crippen LogP contribution in [-0.2, 0) is 6.42 Å². The van der Waals surface area contributed by atoms with Crippen LogP contribution in [0.25, 0.3) is 0 Å². The number of hydrogen-bond acceptors (Lipinski definition) is 3. The van der Waals surface area contributed by atoms with Crippen molar-refractivity contribution in [3.8, 4) is 0 Å². The molecule has 104 valence electrons. The van der Waals surface area contributed by atoms with Crippen molar-refractivity contribution in [2.24, 2.45) is 0 Å². The summed E-state index contributed by atoms with van der Waals surface area (Å²) in [6.07, 6.45) is 3.25. The van der Waals surface area contributed by atoms with Crippen LogP contribution in [0.15, 0.2) is 29.6 Å². The highest BCUT2D eigenvalue weighted by Crippen LogP contribution is 2.37. The fourth-order valence-corrected chi connectivity index (χ4v) is 3.93. The van der Waals surface area contributed by atoms with E-state index in [0.717, 1.165) is 19.3 Å². The van der Waals surface area contributed by atoms with Gasteiger partial charge in [0, 0.05) is 4.88 Å². The highest BCUT2D eigenvalue weighted by Gasteiger charge is 2.23. The molecule has 1 aliphatic carbocycles. The molecular formula is C15H14ClNO2S. The van der Waals surface area contributed by atoms with Crippen LogP contribution in [0.2, 0.25) is 5.02 Å². The van der Waals surface area contributed by atoms with E-state index >= 15 is 0 Å². The molecule has 3 rings (SSSR count). The lowest BCUT2D eigenvalue weighted by atomic mass is 9.93. The maximum absolute atomic E-state index is 11.4. The first-order valence-corrected chi connectivity index (χ1v) is 7.77. The Kier molecular flexibility index (Phi) is 3.68. The van der Waals surface area contributed by atoms with E-state index in [0.29, 0.717) is 5.69 Å². The summed E-state index contributed by atoms with van der Waals surface area (Å²) in [7, 11) is 0. The summed E-state index contributed by atoms with van der Waals surface area (Å²) in [5.74, 6) is -1.00. The summed E-state index contributed by atoms with van der Waals surface area (Å²) in [4.78, 5) is 12.8. The number of rotatable bonds is 3. The van der Waals surface area contributed by atoms with Crippen molar-refractivity contribution in [3.05, 3.63) is 50.7 Å². The standard InChI is InChI=1S/C15H14ClNO2S/c16-10-3-1-5-12(14(10)15(18)19)17-11-4-2-6-13-9(11)7-8-20-13/h1,3,5,7-8,11,17H,2,4,6H2,(H,18,19). The summed E-state index contributed by atoms with van der Waals surface area (Å²) < 4.78 is 0. The van der Waals surface area contributed by atoms with Gasteiger partial charge in [0.2, 0.25) is 0 Å². The molecule has 1 heterocycles. The van der Waals surface area contributed by atoms with E-state index < -0.39 is 5.97 Å². The highest BCUT2D eigenvalue weighted by atomic mass is 35.5. The molecule has 0 radical (unpaired) electrons. The van der Waals surface area contributed by atoms with E-state index in [1.54, 1.807) is 29.5 Å². The Morgan fingerprint density at radius 2 is 2.25 bits per heavy atom. The van der Waals surface area contributed by atoms with Gasteiger partial charge < -0.3 is 10.4 Å². The van der Waals surface area contributed by atoms with Gasteiger partial charge in [0.25, 0.3) is 0 Å². The predicted octanol–water partition coefficient (Wildman–Crippen LogP) is 4.59. The Balaban J connectivity index is 1.94. The Labute approximate surface area is 126 Å². The molecule has 5 heteroatoms. The number of halogens is 1. The van der Waals surface area contributed by atoms with Gasteiger partial charge in [0.15, 0.2) is 0 Å². The summed E-state index contributed by atoms with van der Waals surface area (Å²) in [6, 6.07) is 7.45. The molecule has 20 heavy (non-hydrogen) atoms. The fraction of sp³-hybridized carbons (Fsp3) is 0.267. The largest absolute Gasteiger partial charge is 0.478 e. The van der Waals surface area contributed by atoms with Gasteiger partial charge in [0.05, 0.1) is 16.8 Å². The second kappa shape index (κ2) is 5.46. The van der Waals surface area contributed by atoms with Crippen LogP contribution in [0.4, 0.5) is 5.69 Å². The number of hydrogen-bond donors (Lipinski definition) is 2. The molecular weight excluding hydrogens is 294 g/mol. The van der Waals surface area contributed by atoms with E-state index in [4.69, 9.17) is 11.6 Å². The molecule has 0 saturated carbocycles. The van der Waals surface area contributed by atoms with Crippen molar-refractivity contribution in [3.63, 3.8) is 0 Å². The number of thiophene rings is 1. The lowest BCUT2D eigenvalue weighted by Crippen LogP contribution is -2.17. The molecule has 2 N–H and O–H groups in total. The number of fused-ring (bicyclic) bond motifs is 1. The van der Waals surface area contributed by atoms with Crippen molar-refractivity contribution in [2.75, 3.05) is 5.32 Å². The molecule has 1 aromatic carbocycles. The molecule has 1 aromatic heterocycles. The van der Waals surface area contributed by atoms with E-state index in [1.165, 1.54) is 10.4 Å². The second-order valence-corrected chi connectivity index (χ2v) is 6.26. The Hall–Kier alpha value is -1.52. The first-order valence-electron chi connectivity index (χ1n) is 6.51. The topological polar surface area (TPSA) is 49.3 Å². The van der Waals surface area contributed by atoms with Gasteiger partial charge >= 0.3 is 5.97 Å². The molecule has 3 nitrogen and oxygen atoms in total. The van der Waals surface area contributed by atoms with Crippen molar-refractivity contribution in [2.45, 2.75) is 25.3 Å². The van der Waals surface area contributed by atoms with Gasteiger partial charge in [-0.05, 0) is 48.4 Å². The van der Waals surface area contributed by atoms with Gasteiger partial charge in [-0.25, -0.2) is 4.79 Å². The first-order chi connectivity index (χ1) is 9.66. The Bertz CT molecular complexity index is 653. The van der Waals surface area contributed by atoms with Crippen LogP contribution in [0.3, 0.4) is 0 Å². The molecule has 1 atom stereocenters. The molecule has 0 bridgehead atoms. The lowest BCUT2D eigenvalue weighted by Gasteiger charge is -2.25. The zero-order valence-corrected chi connectivity index (χ0v) is 12.3. The van der Waals surface area contributed by atoms with E-state index in [1.807, 2.05) is 0 Å². The van der Waals surface area contributed by atoms with Gasteiger partial charge in [-0.3, -0.25) is 0 Å². The molecule has 0 saturated heterocycles. The smallest absolute Gasteiger partial charge is 0.339 e. The molecule has 1 aliphatic rings. The van der Waals surface area contributed by atoms with Crippen LogP contribution in [0.1, 0.15) is 39.7 Å². The van der Waals surface area contributed by atoms with Crippen LogP contribution >= 0.6 is 22.9 Å². The summed E-state index contributed by atoms with van der Waals surface area (Å²) >= 11 is 7.77. The maximum Gasteiger partial charge on any atom is 0.339 e. The minimum atomic E-state index is -1.00. The van der Waals surface area contributed by atoms with E-state index in [9.17, 15) is 9.90 Å². The van der Waals surface area contributed by atoms with E-state index in [2.05, 4.69) is 16.8 Å². The van der Waals surface area contributed by atoms with Gasteiger partial charge in [-0.2, -0.15) is 0 Å². The molecule has 1 unspecified atom stereocenters. The SMILES string of the molecule is O=C(O)c1c(Cl)cccc1NC1CCCc2sccc21. The quantitative estimate of drug-likeness (QED) is 0.872. The van der Waals surface area contributed by atoms with Gasteiger partial charge in [0.1, 0.15) is 5.56 Å². The van der Waals surface area contributed by atoms with Crippen molar-refractivity contribution >= 4 is 34.6 Å². The van der Waals surface area contributed by atoms with Crippen molar-refractivity contribution < 1.29 is 9.90 Å². The Morgan fingerprint density at radius 1 is 1.40 bits per heavy atom. The van der Waals surface area contributed by atoms with Crippen LogP contribution in [-0.4, -0.2) is 11.1 Å². The first kappa shape index (κ1) is 13.5. The second-order valence-electron chi connectivity index (χ2n) is 4.86. The monoisotopic (exact) mass is 307 g/mol. The maximum atomic E-state index is 11.4. The van der Waals surface area contributed by atoms with Crippen LogP contribution in [0.5, 0.6) is 0 Å². The number of carbonyl (C=O) groups is 1. The molecule has 0 spiro atoms. The number of carboxylic acid groups (broad SMARTS) is 1. The molecule has 0 aliphatic heterocycles. The number of anilines is 1. The zero-order valence-electron chi connectivity index (χ0n) is 10.7. The average molecular weight is 308 g/mol. The Morgan fingerprint density at radius 3 is 3.05 bits per heavy atom. The van der Waals surface area contributed by atoms with Crippen molar-refractivity contribution in [1.29, 1.82) is 0 Å². The minimum Gasteiger partial charge on any atom is -0.478 e. The molecule has 0 amide bonds. The third kappa shape index (κ3) is 2.41. The average Bonchev–Trinajstić information content (AvgIpc) is 2.87. The zero-order chi connectivity index (χ0) is 14.1. The summed E-state index contributed by atoms with van der Waals surface area (Å²) in [5.41, 5.74) is 2.03. The fourth-order valence-electron chi connectivity index (χ4n) is 2.69. The van der Waals surface area contributed by atoms with Gasteiger partial charge in [-0.15, -0.1) is 11.3 Å². The van der Waals surface area contributed by atoms with E-state index in [-0.39, 0.29) is 16.6 Å². The number of carboxylic acids is 1. The van der Waals surface area contributed by atoms with Crippen molar-refractivity contribution in [1.82, 2.24) is 0 Å². The lowest BCUT2D eigenvalue weighted by molar-refractivity contribution is 0.0698. The normalized spacial score (nSPS) is 17.6. The molecule has 0 fully saturated rings. The number of nitrogens with one attached hydrogen (secondary N) is 1. The van der Waals surface area contributed by atoms with Gasteiger partial charge in [-0.1, -0.05) is 17.7 Å². The van der Waals surface area contributed by atoms with Crippen LogP contribution in [0, 0.1) is 0 Å². The third-order valence-corrected chi connectivity index (χ3v) is 4.92. The van der Waals surface area contributed by atoms with Crippen LogP contribution < -0.4 is 5.32 Å².